The largest absolute Gasteiger partial charge is 0.481 e. The second kappa shape index (κ2) is 8.04. The normalized spacial score (nSPS) is 52.6. The van der Waals surface area contributed by atoms with Crippen molar-refractivity contribution >= 4 is 13.8 Å². The molecule has 2 radical (unpaired) electrons. The van der Waals surface area contributed by atoms with Crippen molar-refractivity contribution in [1.29, 1.82) is 0 Å². The van der Waals surface area contributed by atoms with Crippen molar-refractivity contribution in [3.63, 3.8) is 0 Å². The van der Waals surface area contributed by atoms with Crippen LogP contribution in [0.2, 0.25) is 0 Å². The lowest BCUT2D eigenvalue weighted by Gasteiger charge is -2.68. The zero-order valence-electron chi connectivity index (χ0n) is 20.0. The van der Waals surface area contributed by atoms with Gasteiger partial charge in [-0.2, -0.15) is 0 Å². The predicted molar refractivity (Wildman–Crippen MR) is 123 cm³/mol. The molecule has 4 fully saturated rings. The lowest BCUT2D eigenvalue weighted by molar-refractivity contribution is -0.220. The van der Waals surface area contributed by atoms with E-state index in [1.165, 1.54) is 0 Å². The molecule has 4 aliphatic rings. The Morgan fingerprint density at radius 1 is 1.06 bits per heavy atom. The smallest absolute Gasteiger partial charge is 0.303 e. The number of rotatable bonds is 5. The van der Waals surface area contributed by atoms with Crippen LogP contribution in [0.4, 0.5) is 0 Å². The minimum absolute atomic E-state index is 0.0273. The van der Waals surface area contributed by atoms with E-state index in [0.29, 0.717) is 23.7 Å². The van der Waals surface area contributed by atoms with Gasteiger partial charge in [0.2, 0.25) is 0 Å². The summed E-state index contributed by atoms with van der Waals surface area (Å²) in [4.78, 5) is 11.1. The van der Waals surface area contributed by atoms with E-state index in [9.17, 15) is 20.1 Å². The third kappa shape index (κ3) is 3.52. The Morgan fingerprint density at radius 3 is 2.35 bits per heavy atom. The SMILES string of the molecule is [B][C@]1(O)[C@@H]2[C@H](CC[C@]3(C)C([C@H](C)CCC(=O)O)CC[C@@H]23)[C@@]2(C)CC[C@@H](O)C[C@H]2[C@H]1CC. The Hall–Kier alpha value is -0.545. The summed E-state index contributed by atoms with van der Waals surface area (Å²) < 4.78 is 0. The van der Waals surface area contributed by atoms with Crippen LogP contribution in [-0.4, -0.2) is 40.7 Å². The molecule has 3 N–H and O–H groups in total. The number of carboxylic acids is 1. The van der Waals surface area contributed by atoms with Gasteiger partial charge in [0.25, 0.3) is 0 Å². The van der Waals surface area contributed by atoms with Gasteiger partial charge in [0.05, 0.1) is 6.10 Å². The van der Waals surface area contributed by atoms with Crippen molar-refractivity contribution in [2.75, 3.05) is 0 Å². The standard InChI is InChI=1S/C26H43BO4/c1-5-17-21-14-16(28)10-12-25(21,4)20-11-13-24(3)18(15(2)6-9-22(29)30)7-8-19(24)23(20)26(17,27)31/h15-21,23,28,31H,5-14H2,1-4H3,(H,29,30)/t15-,16-,17-,18?,19+,20+,21+,23+,24-,25-,26-/m1/s1. The van der Waals surface area contributed by atoms with Crippen molar-refractivity contribution in [2.45, 2.75) is 104 Å². The van der Waals surface area contributed by atoms with Gasteiger partial charge in [0.15, 0.2) is 0 Å². The van der Waals surface area contributed by atoms with Gasteiger partial charge in [-0.15, -0.1) is 0 Å². The van der Waals surface area contributed by atoms with Crippen molar-refractivity contribution in [2.24, 2.45) is 52.3 Å². The number of aliphatic hydroxyl groups excluding tert-OH is 1. The van der Waals surface area contributed by atoms with Crippen LogP contribution >= 0.6 is 0 Å². The number of fused-ring (bicyclic) bond motifs is 5. The van der Waals surface area contributed by atoms with E-state index < -0.39 is 11.5 Å². The zero-order valence-corrected chi connectivity index (χ0v) is 20.0. The zero-order chi connectivity index (χ0) is 22.8. The van der Waals surface area contributed by atoms with Gasteiger partial charge in [0.1, 0.15) is 7.85 Å². The van der Waals surface area contributed by atoms with Crippen LogP contribution in [0, 0.1) is 52.3 Å². The molecule has 11 atom stereocenters. The van der Waals surface area contributed by atoms with E-state index in [1.807, 2.05) is 0 Å². The van der Waals surface area contributed by atoms with E-state index in [1.54, 1.807) is 0 Å². The second-order valence-corrected chi connectivity index (χ2v) is 12.3. The molecule has 5 heteroatoms. The molecule has 4 rings (SSSR count). The van der Waals surface area contributed by atoms with E-state index in [4.69, 9.17) is 7.85 Å². The van der Waals surface area contributed by atoms with Crippen molar-refractivity contribution in [3.05, 3.63) is 0 Å². The predicted octanol–water partition coefficient (Wildman–Crippen LogP) is 4.61. The number of carboxylic acid groups (broad SMARTS) is 1. The fourth-order valence-corrected chi connectivity index (χ4v) is 9.66. The molecular formula is C26H43BO4. The molecule has 174 valence electrons. The molecule has 0 bridgehead atoms. The number of hydrogen-bond acceptors (Lipinski definition) is 3. The molecule has 0 aromatic carbocycles. The van der Waals surface area contributed by atoms with Crippen LogP contribution in [0.25, 0.3) is 0 Å². The van der Waals surface area contributed by atoms with Crippen molar-refractivity contribution in [1.82, 2.24) is 0 Å². The van der Waals surface area contributed by atoms with Crippen LogP contribution in [0.3, 0.4) is 0 Å². The molecule has 1 unspecified atom stereocenters. The van der Waals surface area contributed by atoms with Crippen LogP contribution in [0.1, 0.15) is 91.9 Å². The highest BCUT2D eigenvalue weighted by atomic mass is 16.4. The molecule has 4 aliphatic carbocycles. The molecule has 4 saturated carbocycles. The summed E-state index contributed by atoms with van der Waals surface area (Å²) in [6, 6.07) is 0. The minimum atomic E-state index is -1.19. The topological polar surface area (TPSA) is 77.8 Å². The highest BCUT2D eigenvalue weighted by Gasteiger charge is 2.67. The van der Waals surface area contributed by atoms with Crippen LogP contribution in [0.15, 0.2) is 0 Å². The monoisotopic (exact) mass is 430 g/mol. The molecule has 0 saturated heterocycles. The second-order valence-electron chi connectivity index (χ2n) is 12.3. The average Bonchev–Trinajstić information content (AvgIpc) is 3.04. The van der Waals surface area contributed by atoms with Gasteiger partial charge in [0, 0.05) is 11.9 Å². The lowest BCUT2D eigenvalue weighted by atomic mass is 9.35. The Labute approximate surface area is 190 Å². The van der Waals surface area contributed by atoms with E-state index in [-0.39, 0.29) is 41.1 Å². The first-order valence-electron chi connectivity index (χ1n) is 12.9. The minimum Gasteiger partial charge on any atom is -0.481 e. The van der Waals surface area contributed by atoms with E-state index >= 15 is 0 Å². The molecule has 31 heavy (non-hydrogen) atoms. The molecule has 0 aromatic heterocycles. The van der Waals surface area contributed by atoms with Crippen LogP contribution in [-0.2, 0) is 4.79 Å². The van der Waals surface area contributed by atoms with E-state index in [2.05, 4.69) is 27.7 Å². The first-order chi connectivity index (χ1) is 14.5. The molecule has 0 spiro atoms. The van der Waals surface area contributed by atoms with Crippen LogP contribution < -0.4 is 0 Å². The third-order valence-electron chi connectivity index (χ3n) is 11.1. The molecule has 0 aliphatic heterocycles. The first-order valence-corrected chi connectivity index (χ1v) is 12.9. The lowest BCUT2D eigenvalue weighted by Crippen LogP contribution is -2.68. The number of aliphatic carboxylic acids is 1. The molecule has 4 nitrogen and oxygen atoms in total. The fourth-order valence-electron chi connectivity index (χ4n) is 9.66. The summed E-state index contributed by atoms with van der Waals surface area (Å²) in [5, 5.41) is 31.6. The summed E-state index contributed by atoms with van der Waals surface area (Å²) in [5.41, 5.74) is -0.918. The van der Waals surface area contributed by atoms with Gasteiger partial charge in [-0.1, -0.05) is 34.1 Å². The van der Waals surface area contributed by atoms with Gasteiger partial charge in [-0.25, -0.2) is 0 Å². The Bertz CT molecular complexity index is 695. The average molecular weight is 430 g/mol. The number of aliphatic hydroxyl groups is 2. The summed E-state index contributed by atoms with van der Waals surface area (Å²) >= 11 is 0. The first kappa shape index (κ1) is 23.6. The molecule has 0 aromatic rings. The maximum atomic E-state index is 12.0. The van der Waals surface area contributed by atoms with Crippen LogP contribution in [0.5, 0.6) is 0 Å². The van der Waals surface area contributed by atoms with Gasteiger partial charge in [-0.3, -0.25) is 4.79 Å². The Kier molecular flexibility index (Phi) is 6.12. The number of hydrogen-bond donors (Lipinski definition) is 3. The highest BCUT2D eigenvalue weighted by Crippen LogP contribution is 2.71. The Balaban J connectivity index is 1.67. The maximum Gasteiger partial charge on any atom is 0.303 e. The molecular weight excluding hydrogens is 387 g/mol. The Morgan fingerprint density at radius 2 is 1.71 bits per heavy atom. The number of carbonyl (C=O) groups is 1. The quantitative estimate of drug-likeness (QED) is 0.557. The maximum absolute atomic E-state index is 12.0. The van der Waals surface area contributed by atoms with E-state index in [0.717, 1.165) is 57.8 Å². The molecule has 0 amide bonds. The highest BCUT2D eigenvalue weighted by molar-refractivity contribution is 6.15. The summed E-state index contributed by atoms with van der Waals surface area (Å²) in [6.45, 7) is 9.23. The van der Waals surface area contributed by atoms with Gasteiger partial charge in [-0.05, 0) is 104 Å². The summed E-state index contributed by atoms with van der Waals surface area (Å²) in [7, 11) is 6.93. The van der Waals surface area contributed by atoms with Crippen molar-refractivity contribution in [3.8, 4) is 0 Å². The van der Waals surface area contributed by atoms with Gasteiger partial charge >= 0.3 is 5.97 Å². The van der Waals surface area contributed by atoms with Gasteiger partial charge < -0.3 is 15.3 Å². The summed E-state index contributed by atoms with van der Waals surface area (Å²) in [5.74, 6) is 1.41. The third-order valence-corrected chi connectivity index (χ3v) is 11.1. The van der Waals surface area contributed by atoms with Crippen molar-refractivity contribution < 1.29 is 20.1 Å². The summed E-state index contributed by atoms with van der Waals surface area (Å²) in [6.07, 6.45) is 8.71. The fraction of sp³-hybridized carbons (Fsp3) is 0.962. The molecule has 0 heterocycles.